The summed E-state index contributed by atoms with van der Waals surface area (Å²) in [6.07, 6.45) is 1.13. The number of hydrogen-bond donors (Lipinski definition) is 1. The number of aromatic nitrogens is 3. The molecule has 0 aromatic carbocycles. The monoisotopic (exact) mass is 194 g/mol. The van der Waals surface area contributed by atoms with Gasteiger partial charge in [0.05, 0.1) is 0 Å². The average molecular weight is 194 g/mol. The number of aryl methyl sites for hydroxylation is 1. The maximum Gasteiger partial charge on any atom is 0.407 e. The Kier molecular flexibility index (Phi) is 1.60. The van der Waals surface area contributed by atoms with Crippen LogP contribution in [0.3, 0.4) is 0 Å². The predicted octanol–water partition coefficient (Wildman–Crippen LogP) is 0.239. The number of rotatable bonds is 1. The van der Waals surface area contributed by atoms with E-state index < -0.39 is 4.92 Å². The molecule has 2 heterocycles. The fraction of sp³-hybridized carbons (Fsp3) is 0.143. The van der Waals surface area contributed by atoms with Crippen LogP contribution in [0.2, 0.25) is 0 Å². The Morgan fingerprint density at radius 2 is 2.36 bits per heavy atom. The van der Waals surface area contributed by atoms with Crippen LogP contribution in [-0.2, 0) is 0 Å². The molecule has 0 radical (unpaired) electrons. The van der Waals surface area contributed by atoms with Crippen molar-refractivity contribution in [1.82, 2.24) is 14.4 Å². The third kappa shape index (κ3) is 1.06. The molecule has 72 valence electrons. The number of nitro groups is 1. The summed E-state index contributed by atoms with van der Waals surface area (Å²) in [6, 6.07) is 1.35. The summed E-state index contributed by atoms with van der Waals surface area (Å²) in [4.78, 5) is 27.4. The molecule has 0 amide bonds. The van der Waals surface area contributed by atoms with E-state index in [4.69, 9.17) is 0 Å². The number of aromatic amines is 1. The minimum atomic E-state index is -0.634. The molecule has 0 atom stereocenters. The van der Waals surface area contributed by atoms with Crippen LogP contribution >= 0.6 is 0 Å². The maximum atomic E-state index is 11.3. The van der Waals surface area contributed by atoms with Gasteiger partial charge in [-0.15, -0.1) is 0 Å². The molecule has 0 saturated carbocycles. The Balaban J connectivity index is 2.92. The fourth-order valence-corrected chi connectivity index (χ4v) is 1.23. The largest absolute Gasteiger partial charge is 0.407 e. The van der Waals surface area contributed by atoms with Crippen molar-refractivity contribution in [1.29, 1.82) is 0 Å². The molecule has 0 unspecified atom stereocenters. The van der Waals surface area contributed by atoms with E-state index in [1.807, 2.05) is 0 Å². The fourth-order valence-electron chi connectivity index (χ4n) is 1.23. The Morgan fingerprint density at radius 1 is 1.64 bits per heavy atom. The van der Waals surface area contributed by atoms with Gasteiger partial charge in [-0.05, 0) is 16.8 Å². The molecule has 0 spiro atoms. The van der Waals surface area contributed by atoms with Crippen LogP contribution in [0.4, 0.5) is 5.82 Å². The second-order valence-electron chi connectivity index (χ2n) is 2.83. The SMILES string of the molecule is Cc1cc(=O)n2cnc([N+](=O)[O-])c2[nH]1. The number of nitrogens with zero attached hydrogens (tertiary/aromatic N) is 3. The summed E-state index contributed by atoms with van der Waals surface area (Å²) < 4.78 is 1.10. The molecule has 14 heavy (non-hydrogen) atoms. The number of imidazole rings is 1. The first-order chi connectivity index (χ1) is 6.59. The zero-order valence-electron chi connectivity index (χ0n) is 7.22. The van der Waals surface area contributed by atoms with Crippen LogP contribution < -0.4 is 5.56 Å². The molecule has 2 aromatic rings. The van der Waals surface area contributed by atoms with Gasteiger partial charge in [-0.1, -0.05) is 0 Å². The average Bonchev–Trinajstić information content (AvgIpc) is 2.47. The molecule has 0 aliphatic heterocycles. The van der Waals surface area contributed by atoms with Crippen LogP contribution in [0.5, 0.6) is 0 Å². The summed E-state index contributed by atoms with van der Waals surface area (Å²) in [5.74, 6) is -0.342. The highest BCUT2D eigenvalue weighted by Crippen LogP contribution is 2.12. The van der Waals surface area contributed by atoms with E-state index in [1.165, 1.54) is 6.07 Å². The zero-order valence-corrected chi connectivity index (χ0v) is 7.22. The Morgan fingerprint density at radius 3 is 3.00 bits per heavy atom. The van der Waals surface area contributed by atoms with Crippen LogP contribution in [0.1, 0.15) is 5.69 Å². The molecule has 7 heteroatoms. The van der Waals surface area contributed by atoms with E-state index in [0.29, 0.717) is 5.69 Å². The van der Waals surface area contributed by atoms with Crippen molar-refractivity contribution in [3.05, 3.63) is 38.6 Å². The van der Waals surface area contributed by atoms with Crippen molar-refractivity contribution >= 4 is 11.5 Å². The van der Waals surface area contributed by atoms with Gasteiger partial charge in [-0.2, -0.15) is 0 Å². The topological polar surface area (TPSA) is 93.3 Å². The lowest BCUT2D eigenvalue weighted by atomic mass is 10.4. The van der Waals surface area contributed by atoms with Crippen molar-refractivity contribution in [3.63, 3.8) is 0 Å². The van der Waals surface area contributed by atoms with E-state index in [-0.39, 0.29) is 17.0 Å². The van der Waals surface area contributed by atoms with Crippen molar-refractivity contribution in [2.75, 3.05) is 0 Å². The summed E-state index contributed by atoms with van der Waals surface area (Å²) >= 11 is 0. The Hall–Kier alpha value is -2.18. The number of H-pyrrole nitrogens is 1. The molecule has 2 rings (SSSR count). The summed E-state index contributed by atoms with van der Waals surface area (Å²) in [6.45, 7) is 1.65. The van der Waals surface area contributed by atoms with Crippen LogP contribution in [0.25, 0.3) is 5.65 Å². The van der Waals surface area contributed by atoms with Gasteiger partial charge in [0.15, 0.2) is 0 Å². The highest BCUT2D eigenvalue weighted by molar-refractivity contribution is 5.54. The molecular formula is C7H6N4O3. The minimum Gasteiger partial charge on any atom is -0.358 e. The van der Waals surface area contributed by atoms with Gasteiger partial charge in [0, 0.05) is 11.8 Å². The van der Waals surface area contributed by atoms with Crippen molar-refractivity contribution in [3.8, 4) is 0 Å². The normalized spacial score (nSPS) is 10.6. The summed E-state index contributed by atoms with van der Waals surface area (Å²) in [7, 11) is 0. The predicted molar refractivity (Wildman–Crippen MR) is 47.2 cm³/mol. The molecular weight excluding hydrogens is 188 g/mol. The second-order valence-corrected chi connectivity index (χ2v) is 2.83. The second kappa shape index (κ2) is 2.66. The lowest BCUT2D eigenvalue weighted by Crippen LogP contribution is -2.12. The molecule has 0 saturated heterocycles. The molecule has 0 fully saturated rings. The van der Waals surface area contributed by atoms with E-state index >= 15 is 0 Å². The molecule has 0 aliphatic rings. The molecule has 1 N–H and O–H groups in total. The molecule has 0 aliphatic carbocycles. The quantitative estimate of drug-likeness (QED) is 0.519. The number of fused-ring (bicyclic) bond motifs is 1. The first-order valence-corrected chi connectivity index (χ1v) is 3.81. The molecule has 7 nitrogen and oxygen atoms in total. The first kappa shape index (κ1) is 8.42. The van der Waals surface area contributed by atoms with Gasteiger partial charge in [-0.3, -0.25) is 4.79 Å². The zero-order chi connectivity index (χ0) is 10.3. The lowest BCUT2D eigenvalue weighted by molar-refractivity contribution is -0.387. The van der Waals surface area contributed by atoms with Gasteiger partial charge >= 0.3 is 5.82 Å². The van der Waals surface area contributed by atoms with Crippen molar-refractivity contribution < 1.29 is 4.92 Å². The van der Waals surface area contributed by atoms with Crippen LogP contribution in [0, 0.1) is 17.0 Å². The maximum absolute atomic E-state index is 11.3. The summed E-state index contributed by atoms with van der Waals surface area (Å²) in [5, 5.41) is 10.5. The van der Waals surface area contributed by atoms with E-state index in [0.717, 1.165) is 10.7 Å². The third-order valence-corrected chi connectivity index (χ3v) is 1.81. The van der Waals surface area contributed by atoms with Gasteiger partial charge < -0.3 is 15.1 Å². The van der Waals surface area contributed by atoms with Crippen molar-refractivity contribution in [2.45, 2.75) is 6.92 Å². The smallest absolute Gasteiger partial charge is 0.358 e. The number of nitrogens with one attached hydrogen (secondary N) is 1. The standard InChI is InChI=1S/C7H6N4O3/c1-4-2-5(12)10-3-8-6(11(13)14)7(10)9-4/h2-3,9H,1H3. The van der Waals surface area contributed by atoms with Gasteiger partial charge in [-0.25, -0.2) is 4.40 Å². The minimum absolute atomic E-state index is 0.111. The number of hydrogen-bond acceptors (Lipinski definition) is 4. The van der Waals surface area contributed by atoms with Crippen molar-refractivity contribution in [2.24, 2.45) is 0 Å². The van der Waals surface area contributed by atoms with Gasteiger partial charge in [0.25, 0.3) is 5.56 Å². The van der Waals surface area contributed by atoms with Crippen LogP contribution in [0.15, 0.2) is 17.2 Å². The Bertz CT molecular complexity index is 568. The molecule has 2 aromatic heterocycles. The highest BCUT2D eigenvalue weighted by Gasteiger charge is 2.17. The van der Waals surface area contributed by atoms with E-state index in [9.17, 15) is 14.9 Å². The van der Waals surface area contributed by atoms with Gasteiger partial charge in [0.1, 0.15) is 0 Å². The molecule has 0 bridgehead atoms. The lowest BCUT2D eigenvalue weighted by Gasteiger charge is -1.94. The van der Waals surface area contributed by atoms with Gasteiger partial charge in [0.2, 0.25) is 12.0 Å². The van der Waals surface area contributed by atoms with E-state index in [2.05, 4.69) is 9.97 Å². The third-order valence-electron chi connectivity index (χ3n) is 1.81. The first-order valence-electron chi connectivity index (χ1n) is 3.81. The van der Waals surface area contributed by atoms with Crippen LogP contribution in [-0.4, -0.2) is 19.3 Å². The summed E-state index contributed by atoms with van der Waals surface area (Å²) in [5.41, 5.74) is 0.336. The van der Waals surface area contributed by atoms with E-state index in [1.54, 1.807) is 6.92 Å². The Labute approximate surface area is 77.2 Å². The highest BCUT2D eigenvalue weighted by atomic mass is 16.6.